The molecule has 6 nitrogen and oxygen atoms in total. The highest BCUT2D eigenvalue weighted by atomic mass is 16.5. The van der Waals surface area contributed by atoms with Gasteiger partial charge in [-0.15, -0.1) is 0 Å². The van der Waals surface area contributed by atoms with Crippen LogP contribution in [-0.4, -0.2) is 31.8 Å². The standard InChI is InChI=1S/C18H23N3O3/c1-13(16-12-15(23-2)7-8-17(16)24-3)21-18(22)20-11-9-14-6-4-5-10-19-14/h4-8,10,12-13H,9,11H2,1-3H3,(H2,20,21,22). The molecule has 2 N–H and O–H groups in total. The molecule has 2 aromatic rings. The fourth-order valence-corrected chi connectivity index (χ4v) is 2.35. The molecular formula is C18H23N3O3. The van der Waals surface area contributed by atoms with Gasteiger partial charge in [0.25, 0.3) is 0 Å². The third-order valence-corrected chi connectivity index (χ3v) is 3.64. The third-order valence-electron chi connectivity index (χ3n) is 3.64. The summed E-state index contributed by atoms with van der Waals surface area (Å²) in [5.74, 6) is 1.42. The van der Waals surface area contributed by atoms with Gasteiger partial charge in [-0.2, -0.15) is 0 Å². The molecule has 0 saturated carbocycles. The highest BCUT2D eigenvalue weighted by Gasteiger charge is 2.15. The Morgan fingerprint density at radius 1 is 1.21 bits per heavy atom. The smallest absolute Gasteiger partial charge is 0.315 e. The summed E-state index contributed by atoms with van der Waals surface area (Å²) in [6.45, 7) is 2.42. The number of hydrogen-bond donors (Lipinski definition) is 2. The maximum atomic E-state index is 12.1. The lowest BCUT2D eigenvalue weighted by molar-refractivity contribution is 0.237. The first-order valence-electron chi connectivity index (χ1n) is 7.80. The number of aromatic nitrogens is 1. The molecule has 1 heterocycles. The van der Waals surface area contributed by atoms with Gasteiger partial charge in [-0.25, -0.2) is 4.79 Å². The lowest BCUT2D eigenvalue weighted by atomic mass is 10.1. The zero-order valence-corrected chi connectivity index (χ0v) is 14.2. The largest absolute Gasteiger partial charge is 0.497 e. The molecule has 1 aromatic heterocycles. The molecular weight excluding hydrogens is 306 g/mol. The van der Waals surface area contributed by atoms with E-state index in [2.05, 4.69) is 15.6 Å². The number of ether oxygens (including phenoxy) is 2. The van der Waals surface area contributed by atoms with Gasteiger partial charge in [-0.1, -0.05) is 6.07 Å². The fraction of sp³-hybridized carbons (Fsp3) is 0.333. The number of nitrogens with one attached hydrogen (secondary N) is 2. The van der Waals surface area contributed by atoms with Crippen molar-refractivity contribution in [2.45, 2.75) is 19.4 Å². The second kappa shape index (κ2) is 8.76. The number of nitrogens with zero attached hydrogens (tertiary/aromatic N) is 1. The van der Waals surface area contributed by atoms with Crippen LogP contribution in [0.2, 0.25) is 0 Å². The molecule has 1 atom stereocenters. The molecule has 2 amide bonds. The van der Waals surface area contributed by atoms with Gasteiger partial charge >= 0.3 is 6.03 Å². The summed E-state index contributed by atoms with van der Waals surface area (Å²) >= 11 is 0. The minimum Gasteiger partial charge on any atom is -0.497 e. The molecule has 6 heteroatoms. The fourth-order valence-electron chi connectivity index (χ4n) is 2.35. The van der Waals surface area contributed by atoms with Crippen LogP contribution in [0, 0.1) is 0 Å². The zero-order chi connectivity index (χ0) is 17.4. The molecule has 1 unspecified atom stereocenters. The van der Waals surface area contributed by atoms with Gasteiger partial charge in [0.2, 0.25) is 0 Å². The van der Waals surface area contributed by atoms with Gasteiger partial charge < -0.3 is 20.1 Å². The van der Waals surface area contributed by atoms with E-state index >= 15 is 0 Å². The van der Waals surface area contributed by atoms with Crippen molar-refractivity contribution in [3.05, 3.63) is 53.9 Å². The normalized spacial score (nSPS) is 11.5. The molecule has 0 aliphatic rings. The van der Waals surface area contributed by atoms with Crippen molar-refractivity contribution in [1.29, 1.82) is 0 Å². The van der Waals surface area contributed by atoms with E-state index in [4.69, 9.17) is 9.47 Å². The van der Waals surface area contributed by atoms with Crippen molar-refractivity contribution in [2.24, 2.45) is 0 Å². The van der Waals surface area contributed by atoms with E-state index in [1.165, 1.54) is 0 Å². The van der Waals surface area contributed by atoms with Gasteiger partial charge in [-0.05, 0) is 37.3 Å². The number of hydrogen-bond acceptors (Lipinski definition) is 4. The molecule has 0 aliphatic carbocycles. The second-order valence-corrected chi connectivity index (χ2v) is 5.30. The SMILES string of the molecule is COc1ccc(OC)c(C(C)NC(=O)NCCc2ccccn2)c1. The average Bonchev–Trinajstić information content (AvgIpc) is 2.62. The van der Waals surface area contributed by atoms with E-state index < -0.39 is 0 Å². The van der Waals surface area contributed by atoms with Crippen molar-refractivity contribution >= 4 is 6.03 Å². The molecule has 24 heavy (non-hydrogen) atoms. The molecule has 1 aromatic carbocycles. The van der Waals surface area contributed by atoms with E-state index in [1.54, 1.807) is 20.4 Å². The Labute approximate surface area is 142 Å². The van der Waals surface area contributed by atoms with E-state index in [0.29, 0.717) is 18.7 Å². The Morgan fingerprint density at radius 2 is 2.04 bits per heavy atom. The van der Waals surface area contributed by atoms with Crippen molar-refractivity contribution in [1.82, 2.24) is 15.6 Å². The van der Waals surface area contributed by atoms with Crippen LogP contribution in [0.15, 0.2) is 42.6 Å². The quantitative estimate of drug-likeness (QED) is 0.819. The summed E-state index contributed by atoms with van der Waals surface area (Å²) in [6.07, 6.45) is 2.43. The number of amides is 2. The predicted molar refractivity (Wildman–Crippen MR) is 92.4 cm³/mol. The predicted octanol–water partition coefficient (Wildman–Crippen LogP) is 2.70. The molecule has 0 fully saturated rings. The van der Waals surface area contributed by atoms with Crippen molar-refractivity contribution < 1.29 is 14.3 Å². The first-order valence-corrected chi connectivity index (χ1v) is 7.80. The molecule has 2 rings (SSSR count). The van der Waals surface area contributed by atoms with Crippen LogP contribution in [0.5, 0.6) is 11.5 Å². The summed E-state index contributed by atoms with van der Waals surface area (Å²) in [6, 6.07) is 10.8. The number of methoxy groups -OCH3 is 2. The lowest BCUT2D eigenvalue weighted by Crippen LogP contribution is -2.38. The zero-order valence-electron chi connectivity index (χ0n) is 14.2. The topological polar surface area (TPSA) is 72.5 Å². The average molecular weight is 329 g/mol. The van der Waals surface area contributed by atoms with E-state index in [9.17, 15) is 4.79 Å². The Balaban J connectivity index is 1.89. The highest BCUT2D eigenvalue weighted by Crippen LogP contribution is 2.29. The van der Waals surface area contributed by atoms with Gasteiger partial charge in [0.1, 0.15) is 11.5 Å². The maximum absolute atomic E-state index is 12.1. The molecule has 128 valence electrons. The second-order valence-electron chi connectivity index (χ2n) is 5.30. The summed E-state index contributed by atoms with van der Waals surface area (Å²) in [4.78, 5) is 16.3. The summed E-state index contributed by atoms with van der Waals surface area (Å²) < 4.78 is 10.6. The number of pyridine rings is 1. The third kappa shape index (κ3) is 4.87. The van der Waals surface area contributed by atoms with Crippen LogP contribution >= 0.6 is 0 Å². The van der Waals surface area contributed by atoms with E-state index in [0.717, 1.165) is 17.0 Å². The minimum atomic E-state index is -0.233. The van der Waals surface area contributed by atoms with Crippen molar-refractivity contribution in [3.8, 4) is 11.5 Å². The number of carbonyl (C=O) groups excluding carboxylic acids is 1. The van der Waals surface area contributed by atoms with Gasteiger partial charge in [0.15, 0.2) is 0 Å². The lowest BCUT2D eigenvalue weighted by Gasteiger charge is -2.18. The Morgan fingerprint density at radius 3 is 2.71 bits per heavy atom. The molecule has 0 aliphatic heterocycles. The van der Waals surface area contributed by atoms with Crippen LogP contribution in [0.1, 0.15) is 24.2 Å². The minimum absolute atomic E-state index is 0.218. The van der Waals surface area contributed by atoms with E-state index in [1.807, 2.05) is 43.3 Å². The first-order chi connectivity index (χ1) is 11.6. The number of carbonyl (C=O) groups is 1. The van der Waals surface area contributed by atoms with Crippen molar-refractivity contribution in [2.75, 3.05) is 20.8 Å². The highest BCUT2D eigenvalue weighted by molar-refractivity contribution is 5.74. The Hall–Kier alpha value is -2.76. The molecule has 0 radical (unpaired) electrons. The molecule has 0 spiro atoms. The van der Waals surface area contributed by atoms with Crippen LogP contribution < -0.4 is 20.1 Å². The summed E-state index contributed by atoms with van der Waals surface area (Å²) in [7, 11) is 3.21. The summed E-state index contributed by atoms with van der Waals surface area (Å²) in [5, 5.41) is 5.74. The van der Waals surface area contributed by atoms with Crippen LogP contribution in [-0.2, 0) is 6.42 Å². The maximum Gasteiger partial charge on any atom is 0.315 e. The first kappa shape index (κ1) is 17.6. The van der Waals surface area contributed by atoms with Gasteiger partial charge in [-0.3, -0.25) is 4.98 Å². The van der Waals surface area contributed by atoms with E-state index in [-0.39, 0.29) is 12.1 Å². The number of benzene rings is 1. The van der Waals surface area contributed by atoms with Gasteiger partial charge in [0.05, 0.1) is 20.3 Å². The van der Waals surface area contributed by atoms with Gasteiger partial charge in [0, 0.05) is 30.4 Å². The Bertz CT molecular complexity index is 662. The van der Waals surface area contributed by atoms with Crippen molar-refractivity contribution in [3.63, 3.8) is 0 Å². The number of urea groups is 1. The summed E-state index contributed by atoms with van der Waals surface area (Å²) in [5.41, 5.74) is 1.80. The van der Waals surface area contributed by atoms with Crippen LogP contribution in [0.3, 0.4) is 0 Å². The monoisotopic (exact) mass is 329 g/mol. The number of rotatable bonds is 7. The Kier molecular flexibility index (Phi) is 6.42. The van der Waals surface area contributed by atoms with Crippen LogP contribution in [0.4, 0.5) is 4.79 Å². The molecule has 0 saturated heterocycles. The van der Waals surface area contributed by atoms with Crippen LogP contribution in [0.25, 0.3) is 0 Å². The molecule has 0 bridgehead atoms.